The number of benzene rings is 1. The Morgan fingerprint density at radius 1 is 1.38 bits per heavy atom. The molecule has 2 rings (SSSR count). The first kappa shape index (κ1) is 15.3. The zero-order valence-corrected chi connectivity index (χ0v) is 13.0. The fourth-order valence-electron chi connectivity index (χ4n) is 2.28. The van der Waals surface area contributed by atoms with Gasteiger partial charge in [-0.2, -0.15) is 0 Å². The first-order valence-corrected chi connectivity index (χ1v) is 6.89. The standard InChI is InChI=1S/C16H17ClN2O2/c1-9-8-19-14(10(2)16(9)21-3)7-15(20)12-5-4-11(17)6-13(12)18/h4-6,8H,7,18H2,1-3H3. The van der Waals surface area contributed by atoms with Gasteiger partial charge in [0.25, 0.3) is 0 Å². The predicted octanol–water partition coefficient (Wildman–Crippen LogP) is 3.37. The van der Waals surface area contributed by atoms with E-state index in [0.29, 0.717) is 22.0 Å². The minimum absolute atomic E-state index is 0.0920. The number of carbonyl (C=O) groups is 1. The second-order valence-corrected chi connectivity index (χ2v) is 5.31. The molecule has 0 aliphatic carbocycles. The van der Waals surface area contributed by atoms with Crippen LogP contribution in [0.5, 0.6) is 5.75 Å². The van der Waals surface area contributed by atoms with E-state index in [-0.39, 0.29) is 12.2 Å². The van der Waals surface area contributed by atoms with Gasteiger partial charge in [-0.3, -0.25) is 9.78 Å². The lowest BCUT2D eigenvalue weighted by atomic mass is 10.0. The van der Waals surface area contributed by atoms with Gasteiger partial charge in [-0.15, -0.1) is 0 Å². The summed E-state index contributed by atoms with van der Waals surface area (Å²) < 4.78 is 5.35. The number of ketones is 1. The zero-order chi connectivity index (χ0) is 15.6. The van der Waals surface area contributed by atoms with E-state index in [1.807, 2.05) is 13.8 Å². The number of methoxy groups -OCH3 is 1. The number of nitrogen functional groups attached to an aromatic ring is 1. The van der Waals surface area contributed by atoms with Gasteiger partial charge < -0.3 is 10.5 Å². The lowest BCUT2D eigenvalue weighted by Crippen LogP contribution is -2.10. The largest absolute Gasteiger partial charge is 0.496 e. The van der Waals surface area contributed by atoms with Crippen molar-refractivity contribution in [1.82, 2.24) is 4.98 Å². The highest BCUT2D eigenvalue weighted by Gasteiger charge is 2.16. The maximum atomic E-state index is 12.4. The summed E-state index contributed by atoms with van der Waals surface area (Å²) >= 11 is 5.84. The number of carbonyl (C=O) groups excluding carboxylic acids is 1. The summed E-state index contributed by atoms with van der Waals surface area (Å²) in [6, 6.07) is 4.87. The van der Waals surface area contributed by atoms with Gasteiger partial charge in [0.15, 0.2) is 5.78 Å². The van der Waals surface area contributed by atoms with Crippen molar-refractivity contribution in [2.75, 3.05) is 12.8 Å². The Morgan fingerprint density at radius 2 is 2.10 bits per heavy atom. The van der Waals surface area contributed by atoms with Crippen LogP contribution in [0.15, 0.2) is 24.4 Å². The van der Waals surface area contributed by atoms with E-state index < -0.39 is 0 Å². The van der Waals surface area contributed by atoms with Crippen molar-refractivity contribution >= 4 is 23.1 Å². The van der Waals surface area contributed by atoms with E-state index >= 15 is 0 Å². The second-order valence-electron chi connectivity index (χ2n) is 4.88. The van der Waals surface area contributed by atoms with Crippen molar-refractivity contribution in [3.63, 3.8) is 0 Å². The number of hydrogen-bond acceptors (Lipinski definition) is 4. The van der Waals surface area contributed by atoms with Crippen molar-refractivity contribution in [1.29, 1.82) is 0 Å². The molecule has 0 amide bonds. The molecule has 5 heteroatoms. The third-order valence-corrected chi connectivity index (χ3v) is 3.63. The number of rotatable bonds is 4. The van der Waals surface area contributed by atoms with Crippen LogP contribution < -0.4 is 10.5 Å². The minimum atomic E-state index is -0.0920. The highest BCUT2D eigenvalue weighted by atomic mass is 35.5. The third-order valence-electron chi connectivity index (χ3n) is 3.39. The van der Waals surface area contributed by atoms with E-state index in [0.717, 1.165) is 16.9 Å². The number of nitrogens with two attached hydrogens (primary N) is 1. The number of Topliss-reactive ketones (excluding diaryl/α,β-unsaturated/α-hetero) is 1. The van der Waals surface area contributed by atoms with E-state index in [1.165, 1.54) is 0 Å². The summed E-state index contributed by atoms with van der Waals surface area (Å²) in [5.41, 5.74) is 9.19. The van der Waals surface area contributed by atoms with Crippen molar-refractivity contribution in [2.24, 2.45) is 0 Å². The Balaban J connectivity index is 2.32. The Labute approximate surface area is 128 Å². The predicted molar refractivity (Wildman–Crippen MR) is 84.2 cm³/mol. The van der Waals surface area contributed by atoms with E-state index in [4.69, 9.17) is 22.1 Å². The first-order chi connectivity index (χ1) is 9.93. The molecule has 4 nitrogen and oxygen atoms in total. The number of anilines is 1. The highest BCUT2D eigenvalue weighted by Crippen LogP contribution is 2.26. The van der Waals surface area contributed by atoms with E-state index in [9.17, 15) is 4.79 Å². The molecule has 1 aromatic carbocycles. The number of halogens is 1. The van der Waals surface area contributed by atoms with Crippen molar-refractivity contribution in [3.8, 4) is 5.75 Å². The van der Waals surface area contributed by atoms with Crippen LogP contribution in [0, 0.1) is 13.8 Å². The van der Waals surface area contributed by atoms with Gasteiger partial charge in [0, 0.05) is 33.6 Å². The van der Waals surface area contributed by atoms with Crippen LogP contribution in [0.3, 0.4) is 0 Å². The maximum absolute atomic E-state index is 12.4. The molecule has 110 valence electrons. The van der Waals surface area contributed by atoms with Crippen molar-refractivity contribution in [3.05, 3.63) is 51.8 Å². The molecule has 0 spiro atoms. The fraction of sp³-hybridized carbons (Fsp3) is 0.250. The average molecular weight is 305 g/mol. The van der Waals surface area contributed by atoms with Crippen molar-refractivity contribution < 1.29 is 9.53 Å². The molecule has 0 atom stereocenters. The zero-order valence-electron chi connectivity index (χ0n) is 12.2. The molecule has 1 heterocycles. The Morgan fingerprint density at radius 3 is 2.71 bits per heavy atom. The molecule has 0 aliphatic heterocycles. The molecule has 0 saturated heterocycles. The van der Waals surface area contributed by atoms with Gasteiger partial charge in [-0.1, -0.05) is 11.6 Å². The summed E-state index contributed by atoms with van der Waals surface area (Å²) in [5, 5.41) is 0.510. The summed E-state index contributed by atoms with van der Waals surface area (Å²) in [7, 11) is 1.61. The normalized spacial score (nSPS) is 10.5. The molecule has 1 aromatic heterocycles. The number of hydrogen-bond donors (Lipinski definition) is 1. The summed E-state index contributed by atoms with van der Waals surface area (Å²) in [6.07, 6.45) is 1.88. The fourth-order valence-corrected chi connectivity index (χ4v) is 2.46. The van der Waals surface area contributed by atoms with Gasteiger partial charge in [-0.25, -0.2) is 0 Å². The molecule has 0 radical (unpaired) electrons. The number of ether oxygens (including phenoxy) is 1. The van der Waals surface area contributed by atoms with Crippen LogP contribution >= 0.6 is 11.6 Å². The summed E-state index contributed by atoms with van der Waals surface area (Å²) in [6.45, 7) is 3.81. The smallest absolute Gasteiger partial charge is 0.170 e. The average Bonchev–Trinajstić information content (AvgIpc) is 2.42. The van der Waals surface area contributed by atoms with Gasteiger partial charge in [0.1, 0.15) is 5.75 Å². The molecule has 2 aromatic rings. The second kappa shape index (κ2) is 6.14. The topological polar surface area (TPSA) is 65.2 Å². The molecule has 0 saturated carbocycles. The van der Waals surface area contributed by atoms with E-state index in [1.54, 1.807) is 31.5 Å². The molecule has 21 heavy (non-hydrogen) atoms. The van der Waals surface area contributed by atoms with Crippen LogP contribution in [0.4, 0.5) is 5.69 Å². The van der Waals surface area contributed by atoms with Crippen LogP contribution in [0.2, 0.25) is 5.02 Å². The van der Waals surface area contributed by atoms with Crippen LogP contribution in [-0.2, 0) is 6.42 Å². The van der Waals surface area contributed by atoms with Gasteiger partial charge in [-0.05, 0) is 32.0 Å². The monoisotopic (exact) mass is 304 g/mol. The molecule has 0 unspecified atom stereocenters. The van der Waals surface area contributed by atoms with Gasteiger partial charge in [0.2, 0.25) is 0 Å². The quantitative estimate of drug-likeness (QED) is 0.695. The maximum Gasteiger partial charge on any atom is 0.170 e. The van der Waals surface area contributed by atoms with Gasteiger partial charge in [0.05, 0.1) is 19.2 Å². The summed E-state index contributed by atoms with van der Waals surface area (Å²) in [4.78, 5) is 16.7. The number of pyridine rings is 1. The molecular weight excluding hydrogens is 288 g/mol. The minimum Gasteiger partial charge on any atom is -0.496 e. The Kier molecular flexibility index (Phi) is 4.48. The SMILES string of the molecule is COc1c(C)cnc(CC(=O)c2ccc(Cl)cc2N)c1C. The highest BCUT2D eigenvalue weighted by molar-refractivity contribution is 6.31. The third kappa shape index (κ3) is 3.16. The Hall–Kier alpha value is -2.07. The lowest BCUT2D eigenvalue weighted by Gasteiger charge is -2.12. The van der Waals surface area contributed by atoms with Crippen LogP contribution in [0.1, 0.15) is 27.2 Å². The van der Waals surface area contributed by atoms with Gasteiger partial charge >= 0.3 is 0 Å². The first-order valence-electron chi connectivity index (χ1n) is 6.51. The lowest BCUT2D eigenvalue weighted by molar-refractivity contribution is 0.0992. The van der Waals surface area contributed by atoms with Crippen LogP contribution in [0.25, 0.3) is 0 Å². The molecule has 0 bridgehead atoms. The Bertz CT molecular complexity index is 699. The number of aromatic nitrogens is 1. The molecule has 2 N–H and O–H groups in total. The molecule has 0 aliphatic rings. The van der Waals surface area contributed by atoms with Crippen molar-refractivity contribution in [2.45, 2.75) is 20.3 Å². The summed E-state index contributed by atoms with van der Waals surface area (Å²) in [5.74, 6) is 0.669. The van der Waals surface area contributed by atoms with E-state index in [2.05, 4.69) is 4.98 Å². The van der Waals surface area contributed by atoms with Crippen LogP contribution in [-0.4, -0.2) is 17.9 Å². The number of nitrogens with zero attached hydrogens (tertiary/aromatic N) is 1. The number of aryl methyl sites for hydroxylation is 1. The molecule has 0 fully saturated rings. The molecular formula is C16H17ClN2O2.